The van der Waals surface area contributed by atoms with Crippen LogP contribution in [0.5, 0.6) is 0 Å². The molecule has 1 aromatic rings. The van der Waals surface area contributed by atoms with Crippen LogP contribution in [0, 0.1) is 12.8 Å². The average molecular weight is 231 g/mol. The van der Waals surface area contributed by atoms with Gasteiger partial charge >= 0.3 is 0 Å². The molecule has 0 radical (unpaired) electrons. The Bertz CT molecular complexity index is 414. The minimum Gasteiger partial charge on any atom is -0.367 e. The van der Waals surface area contributed by atoms with E-state index in [1.54, 1.807) is 0 Å². The standard InChI is InChI=1S/C14H21N3/c1-11-7-13(9-15-8-11)17-6-5-16-14(2,10-17)12-3-4-12/h7-9,12,16H,3-6,10H2,1-2H3. The number of nitrogens with one attached hydrogen (secondary N) is 1. The third-order valence-corrected chi connectivity index (χ3v) is 4.13. The van der Waals surface area contributed by atoms with Gasteiger partial charge in [-0.15, -0.1) is 0 Å². The lowest BCUT2D eigenvalue weighted by atomic mass is 9.92. The summed E-state index contributed by atoms with van der Waals surface area (Å²) in [5, 5.41) is 3.71. The van der Waals surface area contributed by atoms with Crippen molar-refractivity contribution in [1.29, 1.82) is 0 Å². The molecular weight excluding hydrogens is 210 g/mol. The summed E-state index contributed by atoms with van der Waals surface area (Å²) in [7, 11) is 0. The third kappa shape index (κ3) is 2.16. The van der Waals surface area contributed by atoms with Crippen molar-refractivity contribution in [3.63, 3.8) is 0 Å². The Morgan fingerprint density at radius 3 is 2.94 bits per heavy atom. The van der Waals surface area contributed by atoms with Crippen molar-refractivity contribution in [2.45, 2.75) is 32.2 Å². The minimum absolute atomic E-state index is 0.308. The molecule has 3 rings (SSSR count). The van der Waals surface area contributed by atoms with Crippen LogP contribution in [0.4, 0.5) is 5.69 Å². The van der Waals surface area contributed by atoms with E-state index < -0.39 is 0 Å². The molecule has 3 heteroatoms. The Labute approximate surface area is 103 Å². The quantitative estimate of drug-likeness (QED) is 0.843. The highest BCUT2D eigenvalue weighted by atomic mass is 15.2. The fourth-order valence-corrected chi connectivity index (χ4v) is 2.93. The predicted molar refractivity (Wildman–Crippen MR) is 70.3 cm³/mol. The van der Waals surface area contributed by atoms with E-state index in [9.17, 15) is 0 Å². The number of aromatic nitrogens is 1. The Kier molecular flexibility index (Phi) is 2.58. The first-order valence-corrected chi connectivity index (χ1v) is 6.59. The van der Waals surface area contributed by atoms with Gasteiger partial charge in [0.15, 0.2) is 0 Å². The molecule has 3 nitrogen and oxygen atoms in total. The number of pyridine rings is 1. The molecule has 1 aromatic heterocycles. The highest BCUT2D eigenvalue weighted by Crippen LogP contribution is 2.41. The molecule has 2 heterocycles. The maximum Gasteiger partial charge on any atom is 0.0556 e. The number of rotatable bonds is 2. The zero-order chi connectivity index (χ0) is 11.9. The Morgan fingerprint density at radius 1 is 1.41 bits per heavy atom. The van der Waals surface area contributed by atoms with E-state index in [4.69, 9.17) is 0 Å². The van der Waals surface area contributed by atoms with Gasteiger partial charge in [-0.2, -0.15) is 0 Å². The number of anilines is 1. The molecule has 92 valence electrons. The molecule has 0 aromatic carbocycles. The molecule has 1 atom stereocenters. The van der Waals surface area contributed by atoms with Crippen LogP contribution in [0.3, 0.4) is 0 Å². The zero-order valence-corrected chi connectivity index (χ0v) is 10.7. The molecule has 0 spiro atoms. The van der Waals surface area contributed by atoms with Crippen LogP contribution in [-0.4, -0.2) is 30.2 Å². The Hall–Kier alpha value is -1.09. The van der Waals surface area contributed by atoms with Crippen LogP contribution in [0.1, 0.15) is 25.3 Å². The predicted octanol–water partition coefficient (Wildman–Crippen LogP) is 1.97. The lowest BCUT2D eigenvalue weighted by molar-refractivity contribution is 0.285. The van der Waals surface area contributed by atoms with Crippen molar-refractivity contribution in [1.82, 2.24) is 10.3 Å². The number of aryl methyl sites for hydroxylation is 1. The number of hydrogen-bond donors (Lipinski definition) is 1. The zero-order valence-electron chi connectivity index (χ0n) is 10.7. The molecule has 17 heavy (non-hydrogen) atoms. The van der Waals surface area contributed by atoms with E-state index in [1.165, 1.54) is 24.1 Å². The van der Waals surface area contributed by atoms with Gasteiger partial charge in [0, 0.05) is 31.4 Å². The topological polar surface area (TPSA) is 28.2 Å². The second-order valence-corrected chi connectivity index (χ2v) is 5.76. The van der Waals surface area contributed by atoms with Crippen molar-refractivity contribution < 1.29 is 0 Å². The molecule has 2 fully saturated rings. The summed E-state index contributed by atoms with van der Waals surface area (Å²) in [5.41, 5.74) is 2.83. The molecule has 1 unspecified atom stereocenters. The smallest absolute Gasteiger partial charge is 0.0556 e. The second kappa shape index (κ2) is 3.98. The Morgan fingerprint density at radius 2 is 2.24 bits per heavy atom. The second-order valence-electron chi connectivity index (χ2n) is 5.76. The minimum atomic E-state index is 0.308. The van der Waals surface area contributed by atoms with Crippen LogP contribution >= 0.6 is 0 Å². The molecule has 1 aliphatic carbocycles. The summed E-state index contributed by atoms with van der Waals surface area (Å²) in [6.07, 6.45) is 6.70. The first-order chi connectivity index (χ1) is 8.17. The van der Waals surface area contributed by atoms with Gasteiger partial charge in [0.25, 0.3) is 0 Å². The molecule has 0 amide bonds. The highest BCUT2D eigenvalue weighted by molar-refractivity contribution is 5.47. The summed E-state index contributed by atoms with van der Waals surface area (Å²) in [4.78, 5) is 6.79. The fraction of sp³-hybridized carbons (Fsp3) is 0.643. The monoisotopic (exact) mass is 231 g/mol. The van der Waals surface area contributed by atoms with Gasteiger partial charge in [-0.25, -0.2) is 0 Å². The SMILES string of the molecule is Cc1cncc(N2CCNC(C)(C3CC3)C2)c1. The van der Waals surface area contributed by atoms with Gasteiger partial charge in [0.05, 0.1) is 11.9 Å². The maximum absolute atomic E-state index is 4.31. The third-order valence-electron chi connectivity index (χ3n) is 4.13. The number of hydrogen-bond acceptors (Lipinski definition) is 3. The average Bonchev–Trinajstić information content (AvgIpc) is 3.13. The molecule has 2 aliphatic rings. The lowest BCUT2D eigenvalue weighted by Gasteiger charge is -2.43. The normalized spacial score (nSPS) is 29.4. The van der Waals surface area contributed by atoms with E-state index in [0.717, 1.165) is 25.6 Å². The number of piperazine rings is 1. The maximum atomic E-state index is 4.31. The highest BCUT2D eigenvalue weighted by Gasteiger charge is 2.43. The molecule has 1 aliphatic heterocycles. The summed E-state index contributed by atoms with van der Waals surface area (Å²) < 4.78 is 0. The molecular formula is C14H21N3. The van der Waals surface area contributed by atoms with Gasteiger partial charge in [-0.3, -0.25) is 4.98 Å². The van der Waals surface area contributed by atoms with Gasteiger partial charge in [-0.05, 0) is 44.2 Å². The van der Waals surface area contributed by atoms with Crippen molar-refractivity contribution in [2.75, 3.05) is 24.5 Å². The van der Waals surface area contributed by atoms with Crippen molar-refractivity contribution in [3.8, 4) is 0 Å². The Balaban J connectivity index is 1.79. The first-order valence-electron chi connectivity index (χ1n) is 6.59. The van der Waals surface area contributed by atoms with E-state index in [1.807, 2.05) is 12.4 Å². The number of nitrogens with zero attached hydrogens (tertiary/aromatic N) is 2. The summed E-state index contributed by atoms with van der Waals surface area (Å²) in [6.45, 7) is 7.77. The van der Waals surface area contributed by atoms with E-state index in [0.29, 0.717) is 5.54 Å². The van der Waals surface area contributed by atoms with Crippen molar-refractivity contribution in [3.05, 3.63) is 24.0 Å². The lowest BCUT2D eigenvalue weighted by Crippen LogP contribution is -2.60. The van der Waals surface area contributed by atoms with Crippen LogP contribution < -0.4 is 10.2 Å². The molecule has 1 saturated carbocycles. The van der Waals surface area contributed by atoms with Crippen LogP contribution in [0.15, 0.2) is 18.5 Å². The fourth-order valence-electron chi connectivity index (χ4n) is 2.93. The van der Waals surface area contributed by atoms with E-state index in [-0.39, 0.29) is 0 Å². The summed E-state index contributed by atoms with van der Waals surface area (Å²) >= 11 is 0. The van der Waals surface area contributed by atoms with Crippen LogP contribution in [-0.2, 0) is 0 Å². The first kappa shape index (κ1) is 11.0. The summed E-state index contributed by atoms with van der Waals surface area (Å²) in [6, 6.07) is 2.24. The van der Waals surface area contributed by atoms with Crippen LogP contribution in [0.25, 0.3) is 0 Å². The van der Waals surface area contributed by atoms with Crippen molar-refractivity contribution >= 4 is 5.69 Å². The molecule has 1 saturated heterocycles. The van der Waals surface area contributed by atoms with E-state index >= 15 is 0 Å². The van der Waals surface area contributed by atoms with E-state index in [2.05, 4.69) is 35.1 Å². The molecule has 1 N–H and O–H groups in total. The van der Waals surface area contributed by atoms with Crippen LogP contribution in [0.2, 0.25) is 0 Å². The van der Waals surface area contributed by atoms with Gasteiger partial charge in [-0.1, -0.05) is 0 Å². The van der Waals surface area contributed by atoms with Gasteiger partial charge in [0.2, 0.25) is 0 Å². The molecule has 0 bridgehead atoms. The summed E-state index contributed by atoms with van der Waals surface area (Å²) in [5.74, 6) is 0.878. The largest absolute Gasteiger partial charge is 0.367 e. The van der Waals surface area contributed by atoms with Gasteiger partial charge < -0.3 is 10.2 Å². The van der Waals surface area contributed by atoms with Crippen molar-refractivity contribution in [2.24, 2.45) is 5.92 Å². The van der Waals surface area contributed by atoms with Gasteiger partial charge in [0.1, 0.15) is 0 Å².